The van der Waals surface area contributed by atoms with Crippen molar-refractivity contribution in [3.8, 4) is 34.1 Å². The lowest BCUT2D eigenvalue weighted by atomic mass is 9.68. The van der Waals surface area contributed by atoms with E-state index in [2.05, 4.69) is 107 Å². The van der Waals surface area contributed by atoms with Crippen LogP contribution in [0.2, 0.25) is 0 Å². The minimum atomic E-state index is -0.111. The molecule has 0 saturated carbocycles. The molecule has 3 nitrogen and oxygen atoms in total. The number of hydrogen-bond donors (Lipinski definition) is 2. The van der Waals surface area contributed by atoms with Gasteiger partial charge in [0.25, 0.3) is 0 Å². The average Bonchev–Trinajstić information content (AvgIpc) is 3.60. The van der Waals surface area contributed by atoms with Gasteiger partial charge in [0.2, 0.25) is 0 Å². The van der Waals surface area contributed by atoms with Gasteiger partial charge < -0.3 is 14.6 Å². The lowest BCUT2D eigenvalue weighted by Crippen LogP contribution is -2.27. The second kappa shape index (κ2) is 15.7. The van der Waals surface area contributed by atoms with Crippen molar-refractivity contribution < 1.29 is 14.6 Å². The fourth-order valence-corrected chi connectivity index (χ4v) is 9.06. The molecule has 1 heterocycles. The summed E-state index contributed by atoms with van der Waals surface area (Å²) in [6, 6.07) is 13.0. The number of furan rings is 1. The number of benzene rings is 2. The van der Waals surface area contributed by atoms with Gasteiger partial charge in [-0.3, -0.25) is 0 Å². The highest BCUT2D eigenvalue weighted by molar-refractivity contribution is 5.76. The van der Waals surface area contributed by atoms with Crippen molar-refractivity contribution in [2.24, 2.45) is 0 Å². The molecule has 0 aliphatic carbocycles. The van der Waals surface area contributed by atoms with E-state index in [1.165, 1.54) is 11.1 Å². The molecule has 1 aromatic heterocycles. The molecule has 262 valence electrons. The van der Waals surface area contributed by atoms with Crippen LogP contribution in [0.25, 0.3) is 22.6 Å². The SMILES string of the molecule is CCC(CC)(CC)c1cc(-c2ccc(-c3cc(C(CC)(CC)CC)cc(C(CC)(CC)CC)c3O)o2)c(O)c(C(CC)(CC)CC)c1. The van der Waals surface area contributed by atoms with E-state index in [0.29, 0.717) is 23.0 Å². The van der Waals surface area contributed by atoms with E-state index in [1.807, 2.05) is 12.1 Å². The molecular weight excluding hydrogens is 576 g/mol. The second-order valence-corrected chi connectivity index (χ2v) is 14.4. The first kappa shape index (κ1) is 38.8. The van der Waals surface area contributed by atoms with Crippen molar-refractivity contribution in [3.63, 3.8) is 0 Å². The van der Waals surface area contributed by atoms with Crippen molar-refractivity contribution >= 4 is 0 Å². The van der Waals surface area contributed by atoms with E-state index in [-0.39, 0.29) is 21.7 Å². The Kier molecular flexibility index (Phi) is 12.9. The summed E-state index contributed by atoms with van der Waals surface area (Å²) in [6.45, 7) is 27.2. The third-order valence-corrected chi connectivity index (χ3v) is 13.8. The summed E-state index contributed by atoms with van der Waals surface area (Å²) in [4.78, 5) is 0. The molecule has 0 unspecified atom stereocenters. The Morgan fingerprint density at radius 3 is 0.894 bits per heavy atom. The maximum Gasteiger partial charge on any atom is 0.138 e. The van der Waals surface area contributed by atoms with Crippen LogP contribution in [0.1, 0.15) is 182 Å². The van der Waals surface area contributed by atoms with Crippen LogP contribution in [-0.2, 0) is 21.7 Å². The van der Waals surface area contributed by atoms with E-state index < -0.39 is 0 Å². The molecule has 2 aromatic carbocycles. The van der Waals surface area contributed by atoms with E-state index in [1.54, 1.807) is 0 Å². The van der Waals surface area contributed by atoms with Crippen molar-refractivity contribution in [1.82, 2.24) is 0 Å². The van der Waals surface area contributed by atoms with E-state index in [0.717, 1.165) is 99.3 Å². The predicted octanol–water partition coefficient (Wildman–Crippen LogP) is 13.9. The van der Waals surface area contributed by atoms with Gasteiger partial charge in [0.1, 0.15) is 23.0 Å². The quantitative estimate of drug-likeness (QED) is 0.145. The van der Waals surface area contributed by atoms with Crippen LogP contribution in [0.15, 0.2) is 40.8 Å². The average molecular weight is 645 g/mol. The van der Waals surface area contributed by atoms with Gasteiger partial charge in [0.05, 0.1) is 11.1 Å². The van der Waals surface area contributed by atoms with Gasteiger partial charge in [-0.15, -0.1) is 0 Å². The lowest BCUT2D eigenvalue weighted by molar-refractivity contribution is 0.350. The van der Waals surface area contributed by atoms with Gasteiger partial charge in [-0.1, -0.05) is 95.2 Å². The first-order chi connectivity index (χ1) is 22.4. The van der Waals surface area contributed by atoms with Gasteiger partial charge >= 0.3 is 0 Å². The lowest BCUT2D eigenvalue weighted by Gasteiger charge is -2.37. The molecule has 0 aliphatic heterocycles. The molecule has 0 aliphatic rings. The first-order valence-corrected chi connectivity index (χ1v) is 19.3. The molecule has 3 rings (SSSR count). The van der Waals surface area contributed by atoms with E-state index >= 15 is 0 Å². The Hall–Kier alpha value is -2.68. The Bertz CT molecular complexity index is 1300. The number of rotatable bonds is 18. The van der Waals surface area contributed by atoms with Gasteiger partial charge in [-0.25, -0.2) is 0 Å². The van der Waals surface area contributed by atoms with Gasteiger partial charge in [0.15, 0.2) is 0 Å². The highest BCUT2D eigenvalue weighted by atomic mass is 16.3. The second-order valence-electron chi connectivity index (χ2n) is 14.4. The maximum absolute atomic E-state index is 12.1. The summed E-state index contributed by atoms with van der Waals surface area (Å²) in [5.41, 5.74) is 6.01. The van der Waals surface area contributed by atoms with Crippen molar-refractivity contribution in [3.05, 3.63) is 58.7 Å². The molecule has 0 radical (unpaired) electrons. The third-order valence-electron chi connectivity index (χ3n) is 13.8. The minimum Gasteiger partial charge on any atom is -0.507 e. The first-order valence-electron chi connectivity index (χ1n) is 19.3. The zero-order valence-corrected chi connectivity index (χ0v) is 32.3. The van der Waals surface area contributed by atoms with Crippen LogP contribution >= 0.6 is 0 Å². The summed E-state index contributed by atoms with van der Waals surface area (Å²) in [5, 5.41) is 24.2. The number of phenolic OH excluding ortho intramolecular Hbond substituents is 2. The molecule has 0 spiro atoms. The molecule has 0 saturated heterocycles. The molecule has 0 bridgehead atoms. The Balaban J connectivity index is 2.42. The van der Waals surface area contributed by atoms with Crippen LogP contribution < -0.4 is 0 Å². The standard InChI is InChI=1S/C44H68O3/c1-13-41(14-2,15-3)31-27-33(39(45)35(29-31)43(19-7,20-8)21-9)37-25-26-38(47-37)34-28-32(42(16-4,17-5)18-6)30-36(40(34)46)44(22-10,23-11)24-12/h25-30,45-46H,13-24H2,1-12H3. The van der Waals surface area contributed by atoms with E-state index in [9.17, 15) is 10.2 Å². The van der Waals surface area contributed by atoms with Crippen LogP contribution in [-0.4, -0.2) is 10.2 Å². The van der Waals surface area contributed by atoms with Crippen LogP contribution in [0.3, 0.4) is 0 Å². The van der Waals surface area contributed by atoms with Gasteiger partial charge in [-0.05, 0) is 134 Å². The molecule has 3 heteroatoms. The highest BCUT2D eigenvalue weighted by Gasteiger charge is 2.37. The van der Waals surface area contributed by atoms with Crippen LogP contribution in [0, 0.1) is 0 Å². The van der Waals surface area contributed by atoms with Crippen molar-refractivity contribution in [1.29, 1.82) is 0 Å². The summed E-state index contributed by atoms with van der Waals surface area (Å²) in [7, 11) is 0. The monoisotopic (exact) mass is 645 g/mol. The number of aromatic hydroxyl groups is 2. The smallest absolute Gasteiger partial charge is 0.138 e. The number of hydrogen-bond acceptors (Lipinski definition) is 3. The summed E-state index contributed by atoms with van der Waals surface area (Å²) < 4.78 is 6.77. The highest BCUT2D eigenvalue weighted by Crippen LogP contribution is 2.51. The Morgan fingerprint density at radius 2 is 0.660 bits per heavy atom. The molecular formula is C44H68O3. The fourth-order valence-electron chi connectivity index (χ4n) is 9.06. The minimum absolute atomic E-state index is 0.0304. The maximum atomic E-state index is 12.1. The molecule has 0 atom stereocenters. The van der Waals surface area contributed by atoms with E-state index in [4.69, 9.17) is 4.42 Å². The molecule has 47 heavy (non-hydrogen) atoms. The largest absolute Gasteiger partial charge is 0.507 e. The van der Waals surface area contributed by atoms with Crippen molar-refractivity contribution in [2.75, 3.05) is 0 Å². The third kappa shape index (κ3) is 6.54. The zero-order valence-electron chi connectivity index (χ0n) is 32.3. The Labute approximate surface area is 288 Å². The molecule has 0 amide bonds. The molecule has 0 fully saturated rings. The van der Waals surface area contributed by atoms with Gasteiger partial charge in [0, 0.05) is 11.1 Å². The summed E-state index contributed by atoms with van der Waals surface area (Å²) in [6.07, 6.45) is 12.0. The molecule has 2 N–H and O–H groups in total. The Morgan fingerprint density at radius 1 is 0.404 bits per heavy atom. The predicted molar refractivity (Wildman–Crippen MR) is 203 cm³/mol. The summed E-state index contributed by atoms with van der Waals surface area (Å²) >= 11 is 0. The van der Waals surface area contributed by atoms with Crippen molar-refractivity contribution in [2.45, 2.75) is 182 Å². The zero-order chi connectivity index (χ0) is 35.2. The van der Waals surface area contributed by atoms with Crippen LogP contribution in [0.5, 0.6) is 11.5 Å². The topological polar surface area (TPSA) is 53.6 Å². The van der Waals surface area contributed by atoms with Crippen LogP contribution in [0.4, 0.5) is 0 Å². The summed E-state index contributed by atoms with van der Waals surface area (Å²) in [5.74, 6) is 1.98. The fraction of sp³-hybridized carbons (Fsp3) is 0.636. The normalized spacial score (nSPS) is 13.0. The number of phenols is 2. The van der Waals surface area contributed by atoms with Gasteiger partial charge in [-0.2, -0.15) is 0 Å². The molecule has 3 aromatic rings.